The number of para-hydroxylation sites is 1. The van der Waals surface area contributed by atoms with Gasteiger partial charge in [-0.1, -0.05) is 12.1 Å². The summed E-state index contributed by atoms with van der Waals surface area (Å²) < 4.78 is 44.3. The average molecular weight is 325 g/mol. The topological polar surface area (TPSA) is 55.4 Å². The number of hydrogen-bond acceptors (Lipinski definition) is 3. The van der Waals surface area contributed by atoms with Gasteiger partial charge in [0, 0.05) is 5.92 Å². The number of ether oxygens (including phenoxy) is 1. The third kappa shape index (κ3) is 2.13. The largest absolute Gasteiger partial charge is 0.462 e. The molecule has 4 nitrogen and oxygen atoms in total. The van der Waals surface area contributed by atoms with Crippen LogP contribution in [0.25, 0.3) is 0 Å². The predicted molar refractivity (Wildman–Crippen MR) is 73.1 cm³/mol. The van der Waals surface area contributed by atoms with E-state index in [-0.39, 0.29) is 29.6 Å². The van der Waals surface area contributed by atoms with Gasteiger partial charge in [-0.05, 0) is 30.9 Å². The molecule has 0 radical (unpaired) electrons. The first kappa shape index (κ1) is 14.5. The van der Waals surface area contributed by atoms with E-state index in [0.29, 0.717) is 6.42 Å². The Morgan fingerprint density at radius 2 is 1.96 bits per heavy atom. The molecule has 1 N–H and O–H groups in total. The van der Waals surface area contributed by atoms with E-state index in [0.717, 1.165) is 12.5 Å². The number of anilines is 1. The van der Waals surface area contributed by atoms with Crippen molar-refractivity contribution in [1.29, 1.82) is 0 Å². The van der Waals surface area contributed by atoms with E-state index < -0.39 is 29.5 Å². The van der Waals surface area contributed by atoms with Crippen LogP contribution in [0.1, 0.15) is 18.4 Å². The number of amides is 1. The number of hydrogen-bond donors (Lipinski definition) is 1. The summed E-state index contributed by atoms with van der Waals surface area (Å²) in [7, 11) is 0. The van der Waals surface area contributed by atoms with Crippen molar-refractivity contribution in [3.63, 3.8) is 0 Å². The first-order valence-electron chi connectivity index (χ1n) is 7.54. The standard InChI is InChI=1S/C16H14F3NO3/c17-16(18,19)9-3-1-2-4-10(9)20-14(21)12-7-5-8-11(6-7)23-15(22)13(8)12/h1-4,7-8,11-13H,5-6H2,(H,20,21)/t7-,8+,11-,12-,13-/m0/s1. The molecule has 1 aromatic rings. The number of rotatable bonds is 2. The number of fused-ring (bicyclic) bond motifs is 1. The molecule has 2 aliphatic carbocycles. The van der Waals surface area contributed by atoms with Crippen molar-refractivity contribution in [2.45, 2.75) is 25.1 Å². The van der Waals surface area contributed by atoms with E-state index >= 15 is 0 Å². The number of esters is 1. The fraction of sp³-hybridized carbons (Fsp3) is 0.500. The Balaban J connectivity index is 1.59. The molecule has 1 amide bonds. The van der Waals surface area contributed by atoms with E-state index in [4.69, 9.17) is 4.74 Å². The summed E-state index contributed by atoms with van der Waals surface area (Å²) >= 11 is 0. The fourth-order valence-electron chi connectivity index (χ4n) is 4.42. The normalized spacial score (nSPS) is 34.6. The third-order valence-corrected chi connectivity index (χ3v) is 5.28. The zero-order valence-electron chi connectivity index (χ0n) is 12.0. The lowest BCUT2D eigenvalue weighted by Crippen LogP contribution is -2.36. The number of carbonyl (C=O) groups is 2. The van der Waals surface area contributed by atoms with Crippen molar-refractivity contribution in [3.8, 4) is 0 Å². The van der Waals surface area contributed by atoms with Gasteiger partial charge in [0.2, 0.25) is 5.91 Å². The van der Waals surface area contributed by atoms with Crippen LogP contribution >= 0.6 is 0 Å². The molecule has 3 aliphatic rings. The van der Waals surface area contributed by atoms with Gasteiger partial charge in [-0.25, -0.2) is 0 Å². The number of nitrogens with one attached hydrogen (secondary N) is 1. The van der Waals surface area contributed by atoms with Crippen LogP contribution in [-0.2, 0) is 20.5 Å². The minimum Gasteiger partial charge on any atom is -0.462 e. The van der Waals surface area contributed by atoms with Crippen LogP contribution in [0, 0.1) is 23.7 Å². The zero-order valence-corrected chi connectivity index (χ0v) is 12.0. The first-order chi connectivity index (χ1) is 10.9. The van der Waals surface area contributed by atoms with Gasteiger partial charge in [0.05, 0.1) is 23.1 Å². The van der Waals surface area contributed by atoms with E-state index in [2.05, 4.69) is 5.32 Å². The van der Waals surface area contributed by atoms with Gasteiger partial charge >= 0.3 is 12.1 Å². The van der Waals surface area contributed by atoms with Crippen LogP contribution in [-0.4, -0.2) is 18.0 Å². The Labute approximate surface area is 130 Å². The molecule has 0 unspecified atom stereocenters. The minimum atomic E-state index is -4.55. The van der Waals surface area contributed by atoms with Crippen molar-refractivity contribution >= 4 is 17.6 Å². The molecule has 4 rings (SSSR count). The van der Waals surface area contributed by atoms with Crippen LogP contribution in [0.15, 0.2) is 24.3 Å². The molecule has 3 fully saturated rings. The average Bonchev–Trinajstić information content (AvgIpc) is 3.08. The van der Waals surface area contributed by atoms with Crippen molar-refractivity contribution < 1.29 is 27.5 Å². The van der Waals surface area contributed by atoms with Gasteiger partial charge in [-0.3, -0.25) is 9.59 Å². The van der Waals surface area contributed by atoms with E-state index in [9.17, 15) is 22.8 Å². The fourth-order valence-corrected chi connectivity index (χ4v) is 4.42. The van der Waals surface area contributed by atoms with Crippen LogP contribution in [0.5, 0.6) is 0 Å². The van der Waals surface area contributed by atoms with E-state index in [1.54, 1.807) is 0 Å². The van der Waals surface area contributed by atoms with Crippen LogP contribution in [0.2, 0.25) is 0 Å². The Kier molecular flexibility index (Phi) is 2.98. The number of halogens is 3. The minimum absolute atomic E-state index is 0.0134. The smallest absolute Gasteiger partial charge is 0.418 e. The maximum Gasteiger partial charge on any atom is 0.418 e. The van der Waals surface area contributed by atoms with Crippen LogP contribution in [0.3, 0.4) is 0 Å². The molecule has 23 heavy (non-hydrogen) atoms. The van der Waals surface area contributed by atoms with Crippen molar-refractivity contribution in [1.82, 2.24) is 0 Å². The quantitative estimate of drug-likeness (QED) is 0.851. The van der Waals surface area contributed by atoms with Gasteiger partial charge in [0.15, 0.2) is 0 Å². The number of carbonyl (C=O) groups excluding carboxylic acids is 2. The second-order valence-corrected chi connectivity index (χ2v) is 6.45. The summed E-state index contributed by atoms with van der Waals surface area (Å²) in [5, 5.41) is 2.38. The molecule has 1 aliphatic heterocycles. The Hall–Kier alpha value is -2.05. The monoisotopic (exact) mass is 325 g/mol. The first-order valence-corrected chi connectivity index (χ1v) is 7.54. The second kappa shape index (κ2) is 4.72. The van der Waals surface area contributed by atoms with Gasteiger partial charge in [0.1, 0.15) is 6.10 Å². The highest BCUT2D eigenvalue weighted by Gasteiger charge is 2.63. The molecular formula is C16H14F3NO3. The summed E-state index contributed by atoms with van der Waals surface area (Å²) in [4.78, 5) is 24.4. The summed E-state index contributed by atoms with van der Waals surface area (Å²) in [6, 6.07) is 4.86. The van der Waals surface area contributed by atoms with Crippen molar-refractivity contribution in [2.24, 2.45) is 23.7 Å². The summed E-state index contributed by atoms with van der Waals surface area (Å²) in [5.74, 6) is -1.94. The van der Waals surface area contributed by atoms with Gasteiger partial charge in [-0.2, -0.15) is 13.2 Å². The molecule has 0 aromatic heterocycles. The molecule has 2 saturated carbocycles. The molecule has 5 atom stereocenters. The highest BCUT2D eigenvalue weighted by Crippen LogP contribution is 2.57. The van der Waals surface area contributed by atoms with Gasteiger partial charge in [0.25, 0.3) is 0 Å². The van der Waals surface area contributed by atoms with Gasteiger partial charge < -0.3 is 10.1 Å². The summed E-state index contributed by atoms with van der Waals surface area (Å²) in [6.45, 7) is 0. The molecular weight excluding hydrogens is 311 g/mol. The van der Waals surface area contributed by atoms with Gasteiger partial charge in [-0.15, -0.1) is 0 Å². The number of benzene rings is 1. The highest BCUT2D eigenvalue weighted by molar-refractivity contribution is 5.97. The maximum absolute atomic E-state index is 13.0. The third-order valence-electron chi connectivity index (χ3n) is 5.28. The lowest BCUT2D eigenvalue weighted by Gasteiger charge is -2.24. The molecule has 0 spiro atoms. The van der Waals surface area contributed by atoms with Crippen molar-refractivity contribution in [3.05, 3.63) is 29.8 Å². The Morgan fingerprint density at radius 3 is 2.70 bits per heavy atom. The highest BCUT2D eigenvalue weighted by atomic mass is 19.4. The van der Waals surface area contributed by atoms with E-state index in [1.165, 1.54) is 18.2 Å². The summed E-state index contributed by atoms with van der Waals surface area (Å²) in [5.41, 5.74) is -1.15. The lowest BCUT2D eigenvalue weighted by atomic mass is 9.79. The second-order valence-electron chi connectivity index (χ2n) is 6.45. The van der Waals surface area contributed by atoms with E-state index in [1.807, 2.05) is 0 Å². The Bertz CT molecular complexity index is 685. The van der Waals surface area contributed by atoms with Crippen LogP contribution < -0.4 is 5.32 Å². The molecule has 1 saturated heterocycles. The molecule has 7 heteroatoms. The van der Waals surface area contributed by atoms with Crippen LogP contribution in [0.4, 0.5) is 18.9 Å². The molecule has 122 valence electrons. The zero-order chi connectivity index (χ0) is 16.4. The van der Waals surface area contributed by atoms with Crippen molar-refractivity contribution in [2.75, 3.05) is 5.32 Å². The number of alkyl halides is 3. The molecule has 1 heterocycles. The Morgan fingerprint density at radius 1 is 1.22 bits per heavy atom. The SMILES string of the molecule is O=C(Nc1ccccc1C(F)(F)F)[C@H]1[C@H]2C[C@H]3[C@@H]1C(=O)O[C@H]3C2. The molecule has 2 bridgehead atoms. The predicted octanol–water partition coefficient (Wildman–Crippen LogP) is 2.84. The maximum atomic E-state index is 13.0. The lowest BCUT2D eigenvalue weighted by molar-refractivity contribution is -0.145. The summed E-state index contributed by atoms with van der Waals surface area (Å²) in [6.07, 6.45) is -3.29. The molecule has 1 aromatic carbocycles.